The van der Waals surface area contributed by atoms with Crippen molar-refractivity contribution in [2.45, 2.75) is 72.8 Å². The molecule has 9 heteroatoms. The predicted molar refractivity (Wildman–Crippen MR) is 136 cm³/mol. The van der Waals surface area contributed by atoms with Crippen LogP contribution in [0.2, 0.25) is 0 Å². The Balaban J connectivity index is 2.54. The van der Waals surface area contributed by atoms with E-state index < -0.39 is 18.0 Å². The zero-order chi connectivity index (χ0) is 27.3. The number of ether oxygens (including phenoxy) is 3. The number of esters is 2. The number of nitrogens with one attached hydrogen (secondary N) is 2. The van der Waals surface area contributed by atoms with Crippen LogP contribution in [0.25, 0.3) is 0 Å². The Morgan fingerprint density at radius 3 is 2.17 bits per heavy atom. The van der Waals surface area contributed by atoms with Crippen LogP contribution in [0.3, 0.4) is 0 Å². The number of benzene rings is 1. The number of carbonyl (C=O) groups excluding carboxylic acids is 4. The molecule has 2 amide bonds. The van der Waals surface area contributed by atoms with Crippen molar-refractivity contribution < 1.29 is 33.4 Å². The van der Waals surface area contributed by atoms with Gasteiger partial charge in [-0.05, 0) is 35.4 Å². The summed E-state index contributed by atoms with van der Waals surface area (Å²) in [4.78, 5) is 48.2. The summed E-state index contributed by atoms with van der Waals surface area (Å²) >= 11 is 0. The van der Waals surface area contributed by atoms with E-state index in [-0.39, 0.29) is 49.2 Å². The Morgan fingerprint density at radius 1 is 1.00 bits per heavy atom. The molecular weight excluding hydrogens is 464 g/mol. The highest BCUT2D eigenvalue weighted by Crippen LogP contribution is 2.26. The molecule has 9 nitrogen and oxygen atoms in total. The zero-order valence-corrected chi connectivity index (χ0v) is 22.6. The first-order valence-corrected chi connectivity index (χ1v) is 12.3. The van der Waals surface area contributed by atoms with E-state index in [1.807, 2.05) is 20.8 Å². The predicted octanol–water partition coefficient (Wildman–Crippen LogP) is 3.36. The van der Waals surface area contributed by atoms with Crippen molar-refractivity contribution in [1.29, 1.82) is 0 Å². The van der Waals surface area contributed by atoms with Crippen LogP contribution in [0.1, 0.15) is 72.3 Å². The average Bonchev–Trinajstić information content (AvgIpc) is 2.77. The quantitative estimate of drug-likeness (QED) is 0.226. The molecule has 0 unspecified atom stereocenters. The Hall–Kier alpha value is -2.94. The van der Waals surface area contributed by atoms with Crippen molar-refractivity contribution in [3.8, 4) is 5.75 Å². The van der Waals surface area contributed by atoms with E-state index in [9.17, 15) is 19.2 Å². The minimum Gasteiger partial charge on any atom is -0.467 e. The van der Waals surface area contributed by atoms with Crippen LogP contribution >= 0.6 is 0 Å². The first-order chi connectivity index (χ1) is 16.8. The van der Waals surface area contributed by atoms with E-state index in [2.05, 4.69) is 24.5 Å². The second-order valence-corrected chi connectivity index (χ2v) is 10.4. The second-order valence-electron chi connectivity index (χ2n) is 10.4. The summed E-state index contributed by atoms with van der Waals surface area (Å²) in [6.45, 7) is 12.1. The molecule has 2 atom stereocenters. The largest absolute Gasteiger partial charge is 0.467 e. The van der Waals surface area contributed by atoms with Crippen molar-refractivity contribution in [1.82, 2.24) is 10.6 Å². The molecule has 0 aliphatic heterocycles. The Kier molecular flexibility index (Phi) is 13.2. The van der Waals surface area contributed by atoms with Crippen LogP contribution in [0.15, 0.2) is 24.3 Å². The van der Waals surface area contributed by atoms with Crippen LogP contribution in [-0.2, 0) is 28.7 Å². The first-order valence-electron chi connectivity index (χ1n) is 12.3. The van der Waals surface area contributed by atoms with E-state index in [0.29, 0.717) is 24.6 Å². The lowest BCUT2D eigenvalue weighted by Gasteiger charge is -2.21. The van der Waals surface area contributed by atoms with Crippen molar-refractivity contribution in [2.75, 3.05) is 26.9 Å². The monoisotopic (exact) mass is 506 g/mol. The lowest BCUT2D eigenvalue weighted by atomic mass is 9.89. The standard InChI is InChI=1S/C27H42N2O7/c1-18(2)16-22(20-8-10-21(11-9-20)36-19(3)30)25(32)28-13-15-35-14-12-23(26(33)34-7)29-24(31)17-27(4,5)6/h8-11,18,22-23H,12-17H2,1-7H3,(H,28,32)(H,29,31)/t22-,23-/m0/s1. The lowest BCUT2D eigenvalue weighted by Crippen LogP contribution is -2.43. The van der Waals surface area contributed by atoms with Gasteiger partial charge in [-0.15, -0.1) is 0 Å². The molecule has 0 fully saturated rings. The van der Waals surface area contributed by atoms with Crippen LogP contribution in [-0.4, -0.2) is 56.7 Å². The Labute approximate surface area is 214 Å². The van der Waals surface area contributed by atoms with Crippen molar-refractivity contribution in [2.24, 2.45) is 11.3 Å². The zero-order valence-electron chi connectivity index (χ0n) is 22.6. The van der Waals surface area contributed by atoms with Gasteiger partial charge >= 0.3 is 11.9 Å². The fourth-order valence-corrected chi connectivity index (χ4v) is 3.59. The molecule has 1 rings (SSSR count). The molecule has 0 aliphatic carbocycles. The topological polar surface area (TPSA) is 120 Å². The van der Waals surface area contributed by atoms with Gasteiger partial charge in [0, 0.05) is 32.9 Å². The van der Waals surface area contributed by atoms with Gasteiger partial charge in [0.25, 0.3) is 0 Å². The third-order valence-corrected chi connectivity index (χ3v) is 5.18. The summed E-state index contributed by atoms with van der Waals surface area (Å²) in [7, 11) is 1.28. The third-order valence-electron chi connectivity index (χ3n) is 5.18. The van der Waals surface area contributed by atoms with Crippen molar-refractivity contribution in [3.05, 3.63) is 29.8 Å². The third kappa shape index (κ3) is 12.7. The van der Waals surface area contributed by atoms with Gasteiger partial charge in [0.2, 0.25) is 11.8 Å². The molecule has 0 saturated carbocycles. The minimum atomic E-state index is -0.787. The minimum absolute atomic E-state index is 0.116. The van der Waals surface area contributed by atoms with E-state index in [4.69, 9.17) is 14.2 Å². The summed E-state index contributed by atoms with van der Waals surface area (Å²) in [5.41, 5.74) is 0.641. The van der Waals surface area contributed by atoms with Gasteiger partial charge < -0.3 is 24.8 Å². The maximum absolute atomic E-state index is 12.9. The van der Waals surface area contributed by atoms with Crippen LogP contribution in [0.4, 0.5) is 0 Å². The molecule has 0 spiro atoms. The maximum atomic E-state index is 12.9. The molecule has 0 heterocycles. The summed E-state index contributed by atoms with van der Waals surface area (Å²) in [6, 6.07) is 6.16. The van der Waals surface area contributed by atoms with Gasteiger partial charge in [0.15, 0.2) is 0 Å². The Morgan fingerprint density at radius 2 is 1.64 bits per heavy atom. The summed E-state index contributed by atoms with van der Waals surface area (Å²) in [5, 5.41) is 5.61. The molecule has 1 aromatic carbocycles. The fourth-order valence-electron chi connectivity index (χ4n) is 3.59. The molecule has 202 valence electrons. The number of hydrogen-bond acceptors (Lipinski definition) is 7. The van der Waals surface area contributed by atoms with Gasteiger partial charge in [-0.3, -0.25) is 14.4 Å². The van der Waals surface area contributed by atoms with E-state index in [0.717, 1.165) is 5.56 Å². The number of carbonyl (C=O) groups is 4. The van der Waals surface area contributed by atoms with Gasteiger partial charge in [0.1, 0.15) is 11.8 Å². The second kappa shape index (κ2) is 15.2. The fraction of sp³-hybridized carbons (Fsp3) is 0.630. The van der Waals surface area contributed by atoms with E-state index in [1.54, 1.807) is 24.3 Å². The average molecular weight is 507 g/mol. The van der Waals surface area contributed by atoms with Gasteiger partial charge in [0.05, 0.1) is 19.6 Å². The van der Waals surface area contributed by atoms with E-state index in [1.165, 1.54) is 14.0 Å². The number of hydrogen-bond donors (Lipinski definition) is 2. The molecule has 1 aromatic rings. The SMILES string of the molecule is COC(=O)[C@H](CCOCCNC(=O)[C@@H](CC(C)C)c1ccc(OC(C)=O)cc1)NC(=O)CC(C)(C)C. The summed E-state index contributed by atoms with van der Waals surface area (Å²) in [5.74, 6) is -0.873. The molecule has 0 aromatic heterocycles. The van der Waals surface area contributed by atoms with Gasteiger partial charge in [-0.2, -0.15) is 0 Å². The van der Waals surface area contributed by atoms with E-state index >= 15 is 0 Å². The smallest absolute Gasteiger partial charge is 0.328 e. The lowest BCUT2D eigenvalue weighted by molar-refractivity contribution is -0.145. The molecule has 0 aliphatic rings. The van der Waals surface area contributed by atoms with Crippen LogP contribution in [0, 0.1) is 11.3 Å². The van der Waals surface area contributed by atoms with Gasteiger partial charge in [-0.25, -0.2) is 4.79 Å². The number of amides is 2. The molecule has 36 heavy (non-hydrogen) atoms. The molecular formula is C27H42N2O7. The van der Waals surface area contributed by atoms with Crippen LogP contribution < -0.4 is 15.4 Å². The summed E-state index contributed by atoms with van der Waals surface area (Å²) < 4.78 is 15.4. The molecule has 0 saturated heterocycles. The highest BCUT2D eigenvalue weighted by Gasteiger charge is 2.24. The number of rotatable bonds is 14. The molecule has 0 bridgehead atoms. The summed E-state index contributed by atoms with van der Waals surface area (Å²) in [6.07, 6.45) is 1.22. The first kappa shape index (κ1) is 31.1. The van der Waals surface area contributed by atoms with Gasteiger partial charge in [-0.1, -0.05) is 46.8 Å². The normalized spacial score (nSPS) is 13.0. The number of methoxy groups -OCH3 is 1. The Bertz CT molecular complexity index is 860. The maximum Gasteiger partial charge on any atom is 0.328 e. The van der Waals surface area contributed by atoms with Crippen molar-refractivity contribution in [3.63, 3.8) is 0 Å². The highest BCUT2D eigenvalue weighted by molar-refractivity contribution is 5.85. The van der Waals surface area contributed by atoms with Crippen molar-refractivity contribution >= 4 is 23.8 Å². The highest BCUT2D eigenvalue weighted by atomic mass is 16.5. The van der Waals surface area contributed by atoms with Crippen LogP contribution in [0.5, 0.6) is 5.75 Å². The molecule has 2 N–H and O–H groups in total. The molecule has 0 radical (unpaired) electrons.